The van der Waals surface area contributed by atoms with Gasteiger partial charge in [0.1, 0.15) is 95.5 Å². The van der Waals surface area contributed by atoms with Crippen LogP contribution in [0.1, 0.15) is 105 Å². The van der Waals surface area contributed by atoms with E-state index in [9.17, 15) is 79.9 Å². The summed E-state index contributed by atoms with van der Waals surface area (Å²) >= 11 is 14.1. The first-order chi connectivity index (χ1) is 48.6. The summed E-state index contributed by atoms with van der Waals surface area (Å²) in [7, 11) is 1.17. The number of nitrogens with zero attached hydrogens (tertiary/aromatic N) is 2. The third-order valence-corrected chi connectivity index (χ3v) is 18.6. The minimum absolute atomic E-state index is 0.0486. The van der Waals surface area contributed by atoms with Gasteiger partial charge in [-0.05, 0) is 103 Å². The maximum atomic E-state index is 16.0. The molecule has 5 aromatic rings. The Hall–Kier alpha value is -9.76. The number of carbonyl (C=O) groups is 8. The van der Waals surface area contributed by atoms with Crippen molar-refractivity contribution in [3.8, 4) is 57.1 Å². The number of benzene rings is 5. The molecule has 7 aliphatic rings. The normalized spacial score (nSPS) is 29.0. The van der Waals surface area contributed by atoms with Crippen molar-refractivity contribution < 1.29 is 118 Å². The third-order valence-electron chi connectivity index (χ3n) is 18.0. The van der Waals surface area contributed by atoms with Crippen LogP contribution >= 0.6 is 23.2 Å². The molecule has 0 saturated carbocycles. The highest BCUT2D eigenvalue weighted by Gasteiger charge is 2.52. The van der Waals surface area contributed by atoms with Gasteiger partial charge in [0.15, 0.2) is 29.9 Å². The van der Waals surface area contributed by atoms with E-state index >= 15 is 14.4 Å². The molecule has 20 N–H and O–H groups in total. The number of rotatable bonds is 14. The molecule has 0 aromatic heterocycles. The lowest BCUT2D eigenvalue weighted by molar-refractivity contribution is -0.333. The van der Waals surface area contributed by atoms with Gasteiger partial charge in [0.05, 0.1) is 40.6 Å². The third kappa shape index (κ3) is 16.1. The van der Waals surface area contributed by atoms with Crippen LogP contribution in [0.2, 0.25) is 10.0 Å². The number of carbonyl (C=O) groups excluding carboxylic acids is 7. The Morgan fingerprint density at radius 2 is 1.34 bits per heavy atom. The monoisotopic (exact) mass is 1480 g/mol. The number of aromatic hydroxyl groups is 3. The number of nitrogens with one attached hydrogen (secondary N) is 6. The maximum absolute atomic E-state index is 16.0. The van der Waals surface area contributed by atoms with E-state index in [0.29, 0.717) is 0 Å². The molecule has 552 valence electrons. The van der Waals surface area contributed by atoms with Crippen molar-refractivity contribution >= 4 is 70.5 Å². The second-order valence-electron chi connectivity index (χ2n) is 26.0. The smallest absolute Gasteiger partial charge is 0.330 e. The summed E-state index contributed by atoms with van der Waals surface area (Å²) in [5.74, 6) is -16.9. The van der Waals surface area contributed by atoms with Gasteiger partial charge in [-0.25, -0.2) is 4.79 Å². The Morgan fingerprint density at radius 3 is 1.92 bits per heavy atom. The van der Waals surface area contributed by atoms with Crippen molar-refractivity contribution in [2.24, 2.45) is 22.7 Å². The Bertz CT molecular complexity index is 4170. The highest BCUT2D eigenvalue weighted by molar-refractivity contribution is 6.32. The minimum atomic E-state index is -2.39. The molecule has 0 aliphatic carbocycles. The largest absolute Gasteiger partial charge is 0.508 e. The number of fused-ring (bicyclic) bond motifs is 15. The van der Waals surface area contributed by atoms with E-state index in [1.54, 1.807) is 13.8 Å². The first-order valence-corrected chi connectivity index (χ1v) is 32.7. The van der Waals surface area contributed by atoms with Crippen molar-refractivity contribution in [1.29, 1.82) is 0 Å². The number of carboxylic acids is 1. The molecule has 11 bridgehead atoms. The van der Waals surface area contributed by atoms with E-state index in [2.05, 4.69) is 37.2 Å². The lowest BCUT2D eigenvalue weighted by Crippen LogP contribution is -2.64. The van der Waals surface area contributed by atoms with E-state index in [4.69, 9.17) is 63.1 Å². The number of aliphatic hydroxyl groups excluding tert-OH is 6. The summed E-state index contributed by atoms with van der Waals surface area (Å²) in [6.45, 7) is 5.40. The van der Waals surface area contributed by atoms with Gasteiger partial charge in [-0.3, -0.25) is 38.6 Å². The number of hydrogen-bond acceptors (Lipinski definition) is 26. The van der Waals surface area contributed by atoms with Crippen LogP contribution in [0, 0.1) is 10.8 Å². The molecule has 12 rings (SSSR count). The number of primary amides is 1. The van der Waals surface area contributed by atoms with Crippen molar-refractivity contribution in [3.05, 3.63) is 122 Å². The number of hydrogen-bond donors (Lipinski definition) is 18. The number of nitrogens with two attached hydrogens (primary N) is 2. The van der Waals surface area contributed by atoms with Gasteiger partial charge in [-0.15, -0.1) is 4.91 Å². The van der Waals surface area contributed by atoms with Crippen LogP contribution in [0.15, 0.2) is 84.1 Å². The van der Waals surface area contributed by atoms with Crippen LogP contribution in [0.3, 0.4) is 0 Å². The maximum Gasteiger partial charge on any atom is 0.330 e. The quantitative estimate of drug-likeness (QED) is 0.0532. The number of nitroso groups, excluding NO2 is 1. The second-order valence-corrected chi connectivity index (χ2v) is 26.9. The topological polar surface area (TPSA) is 551 Å². The van der Waals surface area contributed by atoms with Gasteiger partial charge in [-0.1, -0.05) is 55.2 Å². The van der Waals surface area contributed by atoms with Gasteiger partial charge in [-0.2, -0.15) is 0 Å². The van der Waals surface area contributed by atoms with E-state index in [1.807, 2.05) is 0 Å². The molecular formula is C66H74Cl2N10O25. The van der Waals surface area contributed by atoms with E-state index < -0.39 is 242 Å². The highest BCUT2D eigenvalue weighted by atomic mass is 35.5. The molecule has 2 fully saturated rings. The zero-order valence-corrected chi connectivity index (χ0v) is 56.6. The van der Waals surface area contributed by atoms with Crippen LogP contribution in [0.25, 0.3) is 11.1 Å². The predicted octanol–water partition coefficient (Wildman–Crippen LogP) is 0.500. The molecule has 9 unspecified atom stereocenters. The van der Waals surface area contributed by atoms with Crippen LogP contribution < -0.4 is 57.6 Å². The number of aliphatic hydroxyl groups is 6. The van der Waals surface area contributed by atoms with E-state index in [1.165, 1.54) is 20.9 Å². The second kappa shape index (κ2) is 30.7. The average molecular weight is 1480 g/mol. The average Bonchev–Trinajstić information content (AvgIpc) is 0.767. The fourth-order valence-corrected chi connectivity index (χ4v) is 13.0. The highest BCUT2D eigenvalue weighted by Crippen LogP contribution is 2.50. The zero-order chi connectivity index (χ0) is 75.1. The Balaban J connectivity index is 1.24. The molecule has 0 spiro atoms. The Labute approximate surface area is 594 Å². The molecule has 2 saturated heterocycles. The van der Waals surface area contributed by atoms with Crippen LogP contribution in [0.5, 0.6) is 46.0 Å². The van der Waals surface area contributed by atoms with Crippen molar-refractivity contribution in [1.82, 2.24) is 36.9 Å². The fourth-order valence-electron chi connectivity index (χ4n) is 12.6. The summed E-state index contributed by atoms with van der Waals surface area (Å²) in [4.78, 5) is 129. The molecule has 7 amide bonds. The summed E-state index contributed by atoms with van der Waals surface area (Å²) in [6.07, 6.45) is -19.1. The van der Waals surface area contributed by atoms with Crippen molar-refractivity contribution in [2.75, 3.05) is 13.7 Å². The van der Waals surface area contributed by atoms with Gasteiger partial charge < -0.3 is 123 Å². The van der Waals surface area contributed by atoms with Gasteiger partial charge in [0.2, 0.25) is 53.4 Å². The van der Waals surface area contributed by atoms with Gasteiger partial charge in [0, 0.05) is 41.8 Å². The van der Waals surface area contributed by atoms with Crippen molar-refractivity contribution in [2.45, 2.75) is 156 Å². The predicted molar refractivity (Wildman–Crippen MR) is 354 cm³/mol. The molecule has 18 atom stereocenters. The number of aliphatic carboxylic acids is 1. The van der Waals surface area contributed by atoms with E-state index in [0.717, 1.165) is 83.9 Å². The lowest BCUT2D eigenvalue weighted by atomic mass is 9.86. The molecule has 103 heavy (non-hydrogen) atoms. The molecule has 35 nitrogen and oxygen atoms in total. The number of halogens is 2. The lowest BCUT2D eigenvalue weighted by Gasteiger charge is -2.47. The zero-order valence-electron chi connectivity index (χ0n) is 55.1. The molecule has 7 heterocycles. The van der Waals surface area contributed by atoms with E-state index in [-0.39, 0.29) is 41.2 Å². The molecular weight excluding hydrogens is 1400 g/mol. The molecule has 5 aromatic carbocycles. The standard InChI is InChI=1S/C66H74Cl2N10O25/c1-23(2)12-35(78(5)77-97)59(90)75-49-51(84)26-7-10-38(32(67)14-26)99-40-16-28-17-41(55(40)103-65-56(54(87)53(86)42(22-79)101-65)102-44-21-66(4,70)57(88)24(3)98-44)100-39-11-8-27(15-33(39)68)52(85)50-63(94)74-48(64(95)96)31-18-29(80)19-37(82)45(31)30-13-25(6-9-36(30)81)46(60(91)76-50)73-61(92)47(28)72-58(89)34(20-43(69)83)71-62(49)93/h6-11,13-19,23-24,34-35,42,44,46-54,56-57,65,79-82,84-88H,12,20-22,70H2,1-5H3,(H2,69,83)(H,71,93)(H,72,89)(H,73,92)(H,74,94)(H,75,90)(H,76,91)(H,95,96)/t24?,34-,35+,42?,44?,46+,47+,48-,49+,50-,51+,52+,53?,54?,56?,57?,65?,66?/m0/s1. The number of phenols is 3. The number of likely N-dealkylation sites (N-methyl/N-ethyl adjacent to an activating group) is 1. The van der Waals surface area contributed by atoms with Gasteiger partial charge >= 0.3 is 5.97 Å². The Kier molecular flexibility index (Phi) is 22.6. The Morgan fingerprint density at radius 1 is 0.738 bits per heavy atom. The number of phenolic OH excluding ortho intramolecular Hbond substituents is 3. The summed E-state index contributed by atoms with van der Waals surface area (Å²) in [6, 6.07) is -1.72. The van der Waals surface area contributed by atoms with Crippen LogP contribution in [-0.4, -0.2) is 196 Å². The number of carboxylic acid groups (broad SMARTS) is 1. The fraction of sp³-hybridized carbons (Fsp3) is 0.424. The molecule has 37 heteroatoms. The number of amides is 7. The summed E-state index contributed by atoms with van der Waals surface area (Å²) < 4.78 is 38.2. The summed E-state index contributed by atoms with van der Waals surface area (Å²) in [5.41, 5.74) is 7.79. The first-order valence-electron chi connectivity index (χ1n) is 31.9. The van der Waals surface area contributed by atoms with Gasteiger partial charge in [0.25, 0.3) is 0 Å². The first kappa shape index (κ1) is 75.9. The van der Waals surface area contributed by atoms with Crippen LogP contribution in [-0.2, 0) is 52.6 Å². The minimum Gasteiger partial charge on any atom is -0.508 e. The molecule has 0 radical (unpaired) electrons. The van der Waals surface area contributed by atoms with Crippen molar-refractivity contribution in [3.63, 3.8) is 0 Å². The summed E-state index contributed by atoms with van der Waals surface area (Å²) in [5, 5.41) is 131. The SMILES string of the molecule is CC(C)C[C@H](C(=O)N[C@H]1C(=O)N[C@@H](CC(N)=O)C(=O)N[C@H]2C(=O)N[C@H]3C(=O)N[C@H](C(=O)N[C@H](C(=O)O)c4cc(O)cc(O)c4-c4cc3ccc4O)[C@H](O)c3ccc(c(Cl)c3)Oc3cc2cc(c3OC2OC(CO)C(O)C(O)C2OC2CC(C)(N)C(O)C(C)O2)Oc2ccc(cc2Cl)[C@H]1O)N(C)N=O. The van der Waals surface area contributed by atoms with Crippen LogP contribution in [0.4, 0.5) is 0 Å². The molecule has 7 aliphatic heterocycles. The number of ether oxygens (including phenoxy) is 6.